The Morgan fingerprint density at radius 2 is 1.43 bits per heavy atom. The van der Waals surface area contributed by atoms with Crippen molar-refractivity contribution in [3.63, 3.8) is 0 Å². The molecule has 2 bridgehead atoms. The molecular weight excluding hydrogens is 753 g/mol. The van der Waals surface area contributed by atoms with E-state index in [0.717, 1.165) is 19.8 Å². The van der Waals surface area contributed by atoms with Crippen LogP contribution in [0, 0.1) is 5.41 Å². The van der Waals surface area contributed by atoms with Crippen molar-refractivity contribution < 1.29 is 64.8 Å². The molecule has 10 atom stereocenters. The summed E-state index contributed by atoms with van der Waals surface area (Å²) in [4.78, 5) is 36.9. The van der Waals surface area contributed by atoms with E-state index < -0.39 is 96.2 Å². The van der Waals surface area contributed by atoms with E-state index in [1.165, 1.54) is 21.8 Å². The molecule has 3 aliphatic rings. The van der Waals surface area contributed by atoms with Gasteiger partial charge in [0, 0.05) is 7.11 Å². The maximum Gasteiger partial charge on any atom is 0.478 e. The molecule has 288 valence electrons. The topological polar surface area (TPSA) is 294 Å². The van der Waals surface area contributed by atoms with Gasteiger partial charge in [-0.2, -0.15) is 0 Å². The standard InChI is InChI=1S/C27H35FN10O13P2/c1-27(2,3)26(40)44-11-47-53(42)46-6-13-18(14(28)24(49-13)37-9-35-15-20(29)31-7-33-22(15)37)50-52(41,43-4)45-5-12-17(39)19(51-53)25(48-12)38-10-36-16-21(30)32-8-34-23(16)38/h7-10,12-14,17-19,24-25,39H,5-6,11H2,1-4H3,(H2,29,31,33)(H2,30,32,34)/t12?,13-,14?,17?,18?,19?,24-,25-,52?,53?/m1/s1. The fraction of sp³-hybridized carbons (Fsp3) is 0.593. The van der Waals surface area contributed by atoms with Gasteiger partial charge in [0.2, 0.25) is 6.79 Å². The number of alkyl halides is 1. The number of imidazole rings is 2. The number of nitrogen functional groups attached to an aromatic ring is 2. The van der Waals surface area contributed by atoms with E-state index in [2.05, 4.69) is 29.9 Å². The number of halogens is 1. The maximum atomic E-state index is 16.4. The number of aliphatic hydroxyl groups is 1. The van der Waals surface area contributed by atoms with Crippen LogP contribution in [0.5, 0.6) is 0 Å². The Morgan fingerprint density at radius 1 is 0.887 bits per heavy atom. The number of carbonyl (C=O) groups excluding carboxylic acids is 1. The number of esters is 1. The smallest absolute Gasteiger partial charge is 0.437 e. The van der Waals surface area contributed by atoms with Gasteiger partial charge in [-0.1, -0.05) is 0 Å². The number of rotatable bonds is 6. The van der Waals surface area contributed by atoms with Crippen molar-refractivity contribution >= 4 is 55.6 Å². The molecule has 7 heterocycles. The summed E-state index contributed by atoms with van der Waals surface area (Å²) in [6, 6.07) is 0. The van der Waals surface area contributed by atoms with Crippen LogP contribution in [0.25, 0.3) is 22.3 Å². The average Bonchev–Trinajstić information content (AvgIpc) is 3.88. The van der Waals surface area contributed by atoms with E-state index in [4.69, 9.17) is 52.8 Å². The molecule has 3 fully saturated rings. The third kappa shape index (κ3) is 7.12. The van der Waals surface area contributed by atoms with Crippen molar-refractivity contribution in [2.45, 2.75) is 69.9 Å². The minimum Gasteiger partial charge on any atom is -0.437 e. The van der Waals surface area contributed by atoms with Gasteiger partial charge in [0.15, 0.2) is 41.6 Å². The number of phosphoric acid groups is 2. The Kier molecular flexibility index (Phi) is 10.00. The molecule has 0 radical (unpaired) electrons. The lowest BCUT2D eigenvalue weighted by molar-refractivity contribution is -0.161. The molecule has 53 heavy (non-hydrogen) atoms. The molecule has 5 N–H and O–H groups in total. The lowest BCUT2D eigenvalue weighted by Gasteiger charge is -2.28. The van der Waals surface area contributed by atoms with Crippen LogP contribution in [0.3, 0.4) is 0 Å². The summed E-state index contributed by atoms with van der Waals surface area (Å²) in [6.45, 7) is 2.29. The van der Waals surface area contributed by atoms with E-state index in [9.17, 15) is 19.0 Å². The molecule has 0 aromatic carbocycles. The first kappa shape index (κ1) is 37.5. The van der Waals surface area contributed by atoms with Gasteiger partial charge in [-0.15, -0.1) is 0 Å². The van der Waals surface area contributed by atoms with Crippen LogP contribution >= 0.6 is 15.6 Å². The van der Waals surface area contributed by atoms with Crippen LogP contribution in [0.1, 0.15) is 33.2 Å². The summed E-state index contributed by atoms with van der Waals surface area (Å²) in [5, 5.41) is 11.5. The van der Waals surface area contributed by atoms with Crippen molar-refractivity contribution in [2.75, 3.05) is 38.6 Å². The summed E-state index contributed by atoms with van der Waals surface area (Å²) in [6.07, 6.45) is -8.36. The second-order valence-corrected chi connectivity index (χ2v) is 16.3. The van der Waals surface area contributed by atoms with Crippen LogP contribution in [0.4, 0.5) is 16.0 Å². The highest BCUT2D eigenvalue weighted by atomic mass is 31.2. The number of ether oxygens (including phenoxy) is 3. The van der Waals surface area contributed by atoms with Gasteiger partial charge in [0.1, 0.15) is 54.2 Å². The van der Waals surface area contributed by atoms with Gasteiger partial charge in [0.05, 0.1) is 31.3 Å². The van der Waals surface area contributed by atoms with Gasteiger partial charge in [-0.05, 0) is 20.8 Å². The van der Waals surface area contributed by atoms with Gasteiger partial charge < -0.3 is 30.8 Å². The van der Waals surface area contributed by atoms with Crippen LogP contribution < -0.4 is 11.5 Å². The highest BCUT2D eigenvalue weighted by molar-refractivity contribution is 7.48. The zero-order chi connectivity index (χ0) is 37.9. The Labute approximate surface area is 298 Å². The van der Waals surface area contributed by atoms with E-state index in [1.54, 1.807) is 20.8 Å². The fourth-order valence-corrected chi connectivity index (χ4v) is 8.06. The fourth-order valence-electron chi connectivity index (χ4n) is 5.70. The molecule has 23 nitrogen and oxygen atoms in total. The number of fused-ring (bicyclic) bond motifs is 5. The lowest BCUT2D eigenvalue weighted by atomic mass is 9.98. The molecule has 0 amide bonds. The summed E-state index contributed by atoms with van der Waals surface area (Å²) < 4.78 is 97.8. The zero-order valence-corrected chi connectivity index (χ0v) is 30.2. The van der Waals surface area contributed by atoms with Gasteiger partial charge in [0.25, 0.3) is 0 Å². The van der Waals surface area contributed by atoms with Crippen LogP contribution in [-0.2, 0) is 55.3 Å². The third-order valence-electron chi connectivity index (χ3n) is 8.43. The van der Waals surface area contributed by atoms with Crippen molar-refractivity contribution in [1.29, 1.82) is 0 Å². The highest BCUT2D eigenvalue weighted by Gasteiger charge is 2.55. The van der Waals surface area contributed by atoms with Gasteiger partial charge in [-0.3, -0.25) is 36.5 Å². The minimum atomic E-state index is -4.98. The monoisotopic (exact) mass is 788 g/mol. The summed E-state index contributed by atoms with van der Waals surface area (Å²) >= 11 is 0. The van der Waals surface area contributed by atoms with Crippen molar-refractivity contribution in [3.05, 3.63) is 25.3 Å². The zero-order valence-electron chi connectivity index (χ0n) is 28.4. The Bertz CT molecular complexity index is 2100. The number of hydrogen-bond acceptors (Lipinski definition) is 21. The van der Waals surface area contributed by atoms with Crippen molar-refractivity contribution in [2.24, 2.45) is 5.41 Å². The SMILES string of the molecule is COP1(=O)OCC2O[C@@H](n3cnc4c(N)ncnc43)C(OP(=O)(OCOC(=O)C(C)(C)C)OC[C@H]3O[C@@H](n4cnc5c(N)ncnc54)C(F)C3O1)C2O. The number of anilines is 2. The number of nitrogens with two attached hydrogens (primary N) is 2. The highest BCUT2D eigenvalue weighted by Crippen LogP contribution is 2.58. The maximum absolute atomic E-state index is 16.4. The first-order chi connectivity index (χ1) is 25.1. The number of hydrogen-bond donors (Lipinski definition) is 3. The van der Waals surface area contributed by atoms with E-state index in [1.807, 2.05) is 0 Å². The van der Waals surface area contributed by atoms with Crippen LogP contribution in [0.2, 0.25) is 0 Å². The molecular formula is C27H35FN10O13P2. The van der Waals surface area contributed by atoms with Crippen LogP contribution in [0.15, 0.2) is 25.3 Å². The van der Waals surface area contributed by atoms with E-state index >= 15 is 4.39 Å². The minimum absolute atomic E-state index is 0.0147. The number of aliphatic hydroxyl groups excluding tert-OH is 1. The molecule has 7 unspecified atom stereocenters. The molecule has 7 rings (SSSR count). The number of aromatic nitrogens is 8. The lowest BCUT2D eigenvalue weighted by Crippen LogP contribution is -2.36. The third-order valence-corrected chi connectivity index (χ3v) is 11.2. The Hall–Kier alpha value is -3.80. The molecule has 0 spiro atoms. The van der Waals surface area contributed by atoms with Gasteiger partial charge >= 0.3 is 21.6 Å². The summed E-state index contributed by atoms with van der Waals surface area (Å²) in [5.74, 6) is -0.682. The average molecular weight is 789 g/mol. The van der Waals surface area contributed by atoms with Crippen molar-refractivity contribution in [3.8, 4) is 0 Å². The normalized spacial score (nSPS) is 34.0. The quantitative estimate of drug-likeness (QED) is 0.142. The first-order valence-corrected chi connectivity index (χ1v) is 18.8. The predicted molar refractivity (Wildman–Crippen MR) is 174 cm³/mol. The van der Waals surface area contributed by atoms with Crippen LogP contribution in [-0.4, -0.2) is 114 Å². The number of nitrogens with zero attached hydrogens (tertiary/aromatic N) is 8. The Morgan fingerprint density at radius 3 is 2.04 bits per heavy atom. The summed E-state index contributed by atoms with van der Waals surface area (Å²) in [5.41, 5.74) is 11.4. The predicted octanol–water partition coefficient (Wildman–Crippen LogP) is 1.57. The molecule has 0 saturated carbocycles. The number of carbonyl (C=O) groups is 1. The Balaban J connectivity index is 1.25. The summed E-state index contributed by atoms with van der Waals surface area (Å²) in [7, 11) is -8.66. The molecule has 4 aromatic heterocycles. The van der Waals surface area contributed by atoms with Gasteiger partial charge in [-0.25, -0.2) is 47.9 Å². The molecule has 3 aliphatic heterocycles. The molecule has 26 heteroatoms. The molecule has 3 saturated heterocycles. The second kappa shape index (κ2) is 14.1. The van der Waals surface area contributed by atoms with Crippen molar-refractivity contribution in [1.82, 2.24) is 39.0 Å². The molecule has 0 aliphatic carbocycles. The number of phosphoric ester groups is 2. The second-order valence-electron chi connectivity index (χ2n) is 13.0. The largest absolute Gasteiger partial charge is 0.478 e. The van der Waals surface area contributed by atoms with E-state index in [0.29, 0.717) is 0 Å². The first-order valence-electron chi connectivity index (χ1n) is 15.8. The molecule has 4 aromatic rings. The van der Waals surface area contributed by atoms with E-state index in [-0.39, 0.29) is 34.0 Å².